The van der Waals surface area contributed by atoms with E-state index >= 15 is 0 Å². The van der Waals surface area contributed by atoms with Gasteiger partial charge >= 0.3 is 0 Å². The molecule has 1 aromatic carbocycles. The van der Waals surface area contributed by atoms with Crippen molar-refractivity contribution in [3.63, 3.8) is 0 Å². The van der Waals surface area contributed by atoms with Crippen molar-refractivity contribution in [3.05, 3.63) is 35.4 Å². The van der Waals surface area contributed by atoms with Crippen LogP contribution >= 0.6 is 0 Å². The first kappa shape index (κ1) is 13.6. The third-order valence-electron chi connectivity index (χ3n) is 4.55. The normalized spacial score (nSPS) is 23.6. The molecule has 20 heavy (non-hydrogen) atoms. The topological polar surface area (TPSA) is 32.3 Å². The Morgan fingerprint density at radius 1 is 1.00 bits per heavy atom. The number of amides is 1. The minimum absolute atomic E-state index is 0.0238. The first-order valence-electron chi connectivity index (χ1n) is 7.93. The minimum atomic E-state index is -0.0238. The van der Waals surface area contributed by atoms with Gasteiger partial charge in [0, 0.05) is 19.6 Å². The smallest absolute Gasteiger partial charge is 0.240 e. The fraction of sp³-hybridized carbons (Fsp3) is 0.588. The highest BCUT2D eigenvalue weighted by molar-refractivity contribution is 5.82. The molecule has 3 heteroatoms. The molecule has 2 aliphatic rings. The second-order valence-electron chi connectivity index (χ2n) is 6.00. The molecule has 1 amide bonds. The number of hydrogen-bond acceptors (Lipinski definition) is 2. The molecule has 108 valence electrons. The number of hydrogen-bond donors (Lipinski definition) is 1. The van der Waals surface area contributed by atoms with Crippen molar-refractivity contribution < 1.29 is 4.79 Å². The molecule has 1 fully saturated rings. The number of nitrogens with one attached hydrogen (secondary N) is 1. The maximum Gasteiger partial charge on any atom is 0.240 e. The maximum atomic E-state index is 12.7. The van der Waals surface area contributed by atoms with Crippen LogP contribution in [0.15, 0.2) is 24.3 Å². The van der Waals surface area contributed by atoms with Gasteiger partial charge in [-0.05, 0) is 30.4 Å². The number of carbonyl (C=O) groups excluding carboxylic acids is 1. The molecular formula is C17H24N2O. The standard InChI is InChI=1S/C17H24N2O/c20-17(19-10-6-2-1-3-7-11-19)16-12-14-8-4-5-9-15(14)13-18-16/h4-5,8-9,16,18H,1-3,6-7,10-13H2/t16-/m1/s1. The molecule has 0 saturated carbocycles. The quantitative estimate of drug-likeness (QED) is 0.852. The Bertz CT molecular complexity index is 464. The van der Waals surface area contributed by atoms with Gasteiger partial charge in [0.15, 0.2) is 0 Å². The maximum absolute atomic E-state index is 12.7. The average molecular weight is 272 g/mol. The van der Waals surface area contributed by atoms with Crippen molar-refractivity contribution in [2.75, 3.05) is 13.1 Å². The summed E-state index contributed by atoms with van der Waals surface area (Å²) in [5.74, 6) is 0.307. The minimum Gasteiger partial charge on any atom is -0.341 e. The van der Waals surface area contributed by atoms with Crippen LogP contribution < -0.4 is 5.32 Å². The van der Waals surface area contributed by atoms with Gasteiger partial charge in [-0.3, -0.25) is 4.79 Å². The molecule has 0 unspecified atom stereocenters. The number of fused-ring (bicyclic) bond motifs is 1. The zero-order chi connectivity index (χ0) is 13.8. The lowest BCUT2D eigenvalue weighted by Crippen LogP contribution is -2.50. The predicted molar refractivity (Wildman–Crippen MR) is 80.4 cm³/mol. The summed E-state index contributed by atoms with van der Waals surface area (Å²) in [6, 6.07) is 8.43. The zero-order valence-corrected chi connectivity index (χ0v) is 12.1. The molecule has 1 saturated heterocycles. The van der Waals surface area contributed by atoms with E-state index in [9.17, 15) is 4.79 Å². The predicted octanol–water partition coefficient (Wildman–Crippen LogP) is 2.49. The summed E-state index contributed by atoms with van der Waals surface area (Å²) in [4.78, 5) is 14.8. The number of carbonyl (C=O) groups is 1. The van der Waals surface area contributed by atoms with Crippen molar-refractivity contribution in [3.8, 4) is 0 Å². The molecule has 2 heterocycles. The number of likely N-dealkylation sites (tertiary alicyclic amines) is 1. The average Bonchev–Trinajstić information content (AvgIpc) is 2.46. The Morgan fingerprint density at radius 2 is 1.65 bits per heavy atom. The van der Waals surface area contributed by atoms with Crippen LogP contribution in [0.4, 0.5) is 0 Å². The highest BCUT2D eigenvalue weighted by Crippen LogP contribution is 2.18. The second-order valence-corrected chi connectivity index (χ2v) is 6.00. The van der Waals surface area contributed by atoms with E-state index in [0.29, 0.717) is 5.91 Å². The lowest BCUT2D eigenvalue weighted by atomic mass is 9.95. The van der Waals surface area contributed by atoms with Gasteiger partial charge in [-0.15, -0.1) is 0 Å². The van der Waals surface area contributed by atoms with E-state index in [1.807, 2.05) is 0 Å². The molecule has 1 N–H and O–H groups in total. The molecule has 0 aromatic heterocycles. The second kappa shape index (κ2) is 6.40. The van der Waals surface area contributed by atoms with Crippen molar-refractivity contribution >= 4 is 5.91 Å². The zero-order valence-electron chi connectivity index (χ0n) is 12.1. The fourth-order valence-electron chi connectivity index (χ4n) is 3.32. The monoisotopic (exact) mass is 272 g/mol. The molecule has 0 radical (unpaired) electrons. The summed E-state index contributed by atoms with van der Waals surface area (Å²) in [6.45, 7) is 2.71. The Kier molecular flexibility index (Phi) is 4.36. The van der Waals surface area contributed by atoms with Crippen molar-refractivity contribution in [2.24, 2.45) is 0 Å². The van der Waals surface area contributed by atoms with E-state index in [1.165, 1.54) is 30.4 Å². The van der Waals surface area contributed by atoms with Crippen LogP contribution in [0.5, 0.6) is 0 Å². The van der Waals surface area contributed by atoms with Gasteiger partial charge in [-0.25, -0.2) is 0 Å². The van der Waals surface area contributed by atoms with Crippen LogP contribution in [0, 0.1) is 0 Å². The molecule has 1 atom stereocenters. The number of nitrogens with zero attached hydrogens (tertiary/aromatic N) is 1. The summed E-state index contributed by atoms with van der Waals surface area (Å²) in [5.41, 5.74) is 2.67. The third-order valence-corrected chi connectivity index (χ3v) is 4.55. The van der Waals surface area contributed by atoms with E-state index in [4.69, 9.17) is 0 Å². The summed E-state index contributed by atoms with van der Waals surface area (Å²) in [7, 11) is 0. The van der Waals surface area contributed by atoms with Crippen molar-refractivity contribution in [1.29, 1.82) is 0 Å². The van der Waals surface area contributed by atoms with Crippen LogP contribution in [0.1, 0.15) is 43.2 Å². The fourth-order valence-corrected chi connectivity index (χ4v) is 3.32. The highest BCUT2D eigenvalue weighted by atomic mass is 16.2. The molecule has 1 aromatic rings. The van der Waals surface area contributed by atoms with Crippen LogP contribution in [-0.4, -0.2) is 29.9 Å². The lowest BCUT2D eigenvalue weighted by Gasteiger charge is -2.32. The van der Waals surface area contributed by atoms with E-state index < -0.39 is 0 Å². The van der Waals surface area contributed by atoms with Crippen LogP contribution in [0.3, 0.4) is 0 Å². The first-order valence-corrected chi connectivity index (χ1v) is 7.93. The van der Waals surface area contributed by atoms with Crippen molar-refractivity contribution in [1.82, 2.24) is 10.2 Å². The van der Waals surface area contributed by atoms with E-state index in [0.717, 1.165) is 38.9 Å². The van der Waals surface area contributed by atoms with Crippen LogP contribution in [-0.2, 0) is 17.8 Å². The number of rotatable bonds is 1. The summed E-state index contributed by atoms with van der Waals surface area (Å²) in [5, 5.41) is 3.42. The Hall–Kier alpha value is -1.35. The molecule has 3 rings (SSSR count). The highest BCUT2D eigenvalue weighted by Gasteiger charge is 2.27. The van der Waals surface area contributed by atoms with Gasteiger partial charge in [0.2, 0.25) is 5.91 Å². The number of benzene rings is 1. The van der Waals surface area contributed by atoms with Gasteiger partial charge < -0.3 is 10.2 Å². The molecule has 0 aliphatic carbocycles. The third kappa shape index (κ3) is 3.04. The van der Waals surface area contributed by atoms with Crippen LogP contribution in [0.25, 0.3) is 0 Å². The summed E-state index contributed by atoms with van der Waals surface area (Å²) in [6.07, 6.45) is 7.03. The van der Waals surface area contributed by atoms with Gasteiger partial charge in [0.25, 0.3) is 0 Å². The summed E-state index contributed by atoms with van der Waals surface area (Å²) >= 11 is 0. The van der Waals surface area contributed by atoms with Gasteiger partial charge in [0.05, 0.1) is 6.04 Å². The lowest BCUT2D eigenvalue weighted by molar-refractivity contribution is -0.134. The van der Waals surface area contributed by atoms with Gasteiger partial charge in [-0.1, -0.05) is 43.5 Å². The molecule has 0 spiro atoms. The van der Waals surface area contributed by atoms with Gasteiger partial charge in [0.1, 0.15) is 0 Å². The van der Waals surface area contributed by atoms with Crippen LogP contribution in [0.2, 0.25) is 0 Å². The Labute approximate surface area is 121 Å². The van der Waals surface area contributed by atoms with Crippen molar-refractivity contribution in [2.45, 2.75) is 51.1 Å². The van der Waals surface area contributed by atoms with E-state index in [-0.39, 0.29) is 6.04 Å². The molecule has 0 bridgehead atoms. The SMILES string of the molecule is O=C([C@H]1Cc2ccccc2CN1)N1CCCCCCC1. The largest absolute Gasteiger partial charge is 0.341 e. The van der Waals surface area contributed by atoms with Gasteiger partial charge in [-0.2, -0.15) is 0 Å². The molecular weight excluding hydrogens is 248 g/mol. The van der Waals surface area contributed by atoms with E-state index in [2.05, 4.69) is 34.5 Å². The molecule has 3 nitrogen and oxygen atoms in total. The summed E-state index contributed by atoms with van der Waals surface area (Å²) < 4.78 is 0. The first-order chi connectivity index (χ1) is 9.84. The Balaban J connectivity index is 1.65. The van der Waals surface area contributed by atoms with E-state index in [1.54, 1.807) is 0 Å². The Morgan fingerprint density at radius 3 is 2.40 bits per heavy atom. The molecule has 2 aliphatic heterocycles.